The molecule has 2 N–H and O–H groups in total. The molecular formula is C25H18N6O2. The van der Waals surface area contributed by atoms with Crippen LogP contribution in [0, 0.1) is 11.3 Å². The lowest BCUT2D eigenvalue weighted by Crippen LogP contribution is -2.17. The second-order valence-corrected chi connectivity index (χ2v) is 7.26. The zero-order valence-corrected chi connectivity index (χ0v) is 17.4. The molecule has 3 aromatic heterocycles. The third kappa shape index (κ3) is 4.03. The second kappa shape index (κ2) is 8.69. The van der Waals surface area contributed by atoms with Crippen LogP contribution in [0.3, 0.4) is 0 Å². The van der Waals surface area contributed by atoms with Crippen LogP contribution in [0.5, 0.6) is 11.5 Å². The van der Waals surface area contributed by atoms with Crippen molar-refractivity contribution in [1.29, 1.82) is 5.26 Å². The summed E-state index contributed by atoms with van der Waals surface area (Å²) in [5.74, 6) is 1.85. The highest BCUT2D eigenvalue weighted by atomic mass is 16.5. The topological polar surface area (TPSA) is 108 Å². The van der Waals surface area contributed by atoms with Crippen molar-refractivity contribution in [1.82, 2.24) is 19.6 Å². The van der Waals surface area contributed by atoms with Crippen LogP contribution in [0.15, 0.2) is 90.1 Å². The normalized spacial score (nSPS) is 10.6. The summed E-state index contributed by atoms with van der Waals surface area (Å²) in [6.45, 7) is 0.442. The first-order chi connectivity index (χ1) is 16.2. The summed E-state index contributed by atoms with van der Waals surface area (Å²) in [6.07, 6.45) is 4.85. The molecule has 8 nitrogen and oxygen atoms in total. The highest BCUT2D eigenvalue weighted by molar-refractivity contribution is 5.70. The van der Waals surface area contributed by atoms with Gasteiger partial charge in [-0.25, -0.2) is 4.98 Å². The number of benzene rings is 2. The van der Waals surface area contributed by atoms with E-state index in [-0.39, 0.29) is 16.8 Å². The first-order valence-corrected chi connectivity index (χ1v) is 10.2. The van der Waals surface area contributed by atoms with Gasteiger partial charge >= 0.3 is 0 Å². The fourth-order valence-corrected chi connectivity index (χ4v) is 3.47. The van der Waals surface area contributed by atoms with Gasteiger partial charge in [0.25, 0.3) is 5.56 Å². The Hall–Kier alpha value is -4.90. The van der Waals surface area contributed by atoms with Gasteiger partial charge in [0.2, 0.25) is 0 Å². The Morgan fingerprint density at radius 2 is 1.73 bits per heavy atom. The molecule has 0 radical (unpaired) electrons. The number of aromatic amines is 1. The molecule has 0 amide bonds. The molecular weight excluding hydrogens is 416 g/mol. The van der Waals surface area contributed by atoms with Crippen LogP contribution >= 0.6 is 0 Å². The number of aromatic nitrogens is 4. The molecule has 2 aromatic carbocycles. The van der Waals surface area contributed by atoms with E-state index < -0.39 is 0 Å². The monoisotopic (exact) mass is 434 g/mol. The summed E-state index contributed by atoms with van der Waals surface area (Å²) in [4.78, 5) is 21.3. The fourth-order valence-electron chi connectivity index (χ4n) is 3.47. The van der Waals surface area contributed by atoms with E-state index in [2.05, 4.69) is 26.5 Å². The molecule has 5 aromatic rings. The van der Waals surface area contributed by atoms with Crippen LogP contribution in [-0.4, -0.2) is 19.6 Å². The van der Waals surface area contributed by atoms with E-state index in [0.29, 0.717) is 29.4 Å². The summed E-state index contributed by atoms with van der Waals surface area (Å²) in [5, 5.41) is 15.9. The van der Waals surface area contributed by atoms with Crippen LogP contribution < -0.4 is 15.6 Å². The minimum atomic E-state index is -0.270. The van der Waals surface area contributed by atoms with E-state index in [1.807, 2.05) is 54.6 Å². The molecule has 3 heterocycles. The lowest BCUT2D eigenvalue weighted by Gasteiger charge is -2.07. The average molecular weight is 434 g/mol. The first kappa shape index (κ1) is 20.0. The van der Waals surface area contributed by atoms with E-state index >= 15 is 0 Å². The predicted octanol–water partition coefficient (Wildman–Crippen LogP) is 4.36. The molecule has 0 aliphatic carbocycles. The largest absolute Gasteiger partial charge is 0.457 e. The van der Waals surface area contributed by atoms with Crippen LogP contribution in [0.2, 0.25) is 0 Å². The maximum Gasteiger partial charge on any atom is 0.280 e. The predicted molar refractivity (Wildman–Crippen MR) is 124 cm³/mol. The van der Waals surface area contributed by atoms with Gasteiger partial charge in [-0.2, -0.15) is 9.78 Å². The summed E-state index contributed by atoms with van der Waals surface area (Å²) in [6, 6.07) is 22.6. The van der Waals surface area contributed by atoms with Crippen molar-refractivity contribution in [2.24, 2.45) is 0 Å². The molecule has 0 aliphatic heterocycles. The maximum absolute atomic E-state index is 13.0. The second-order valence-electron chi connectivity index (χ2n) is 7.26. The fraction of sp³-hybridized carbons (Fsp3) is 0.0400. The van der Waals surface area contributed by atoms with E-state index in [1.165, 1.54) is 10.7 Å². The van der Waals surface area contributed by atoms with E-state index in [1.54, 1.807) is 24.5 Å². The van der Waals surface area contributed by atoms with Crippen LogP contribution in [0.4, 0.5) is 5.82 Å². The molecule has 0 unspecified atom stereocenters. The smallest absolute Gasteiger partial charge is 0.280 e. The number of H-pyrrole nitrogens is 1. The Bertz CT molecular complexity index is 1500. The highest BCUT2D eigenvalue weighted by Crippen LogP contribution is 2.23. The molecule has 0 aliphatic rings. The Labute approximate surface area is 188 Å². The number of hydrogen-bond acceptors (Lipinski definition) is 6. The Balaban J connectivity index is 1.37. The van der Waals surface area contributed by atoms with Crippen molar-refractivity contribution in [3.05, 3.63) is 107 Å². The number of fused-ring (bicyclic) bond motifs is 1. The molecule has 160 valence electrons. The van der Waals surface area contributed by atoms with Gasteiger partial charge in [-0.05, 0) is 35.4 Å². The third-order valence-corrected chi connectivity index (χ3v) is 5.13. The van der Waals surface area contributed by atoms with Gasteiger partial charge < -0.3 is 10.1 Å². The number of rotatable bonds is 6. The average Bonchev–Trinajstić information content (AvgIpc) is 3.23. The van der Waals surface area contributed by atoms with Crippen molar-refractivity contribution in [3.63, 3.8) is 0 Å². The number of nitrogens with one attached hydrogen (secondary N) is 2. The van der Waals surface area contributed by atoms with Crippen molar-refractivity contribution in [2.45, 2.75) is 6.54 Å². The molecule has 0 bridgehead atoms. The van der Waals surface area contributed by atoms with Gasteiger partial charge in [-0.1, -0.05) is 42.5 Å². The zero-order chi connectivity index (χ0) is 22.6. The summed E-state index contributed by atoms with van der Waals surface area (Å²) in [5.41, 5.74) is 2.49. The van der Waals surface area contributed by atoms with Gasteiger partial charge in [-0.15, -0.1) is 0 Å². The lowest BCUT2D eigenvalue weighted by atomic mass is 10.1. The summed E-state index contributed by atoms with van der Waals surface area (Å²) < 4.78 is 7.08. The third-order valence-electron chi connectivity index (χ3n) is 5.13. The molecule has 0 atom stereocenters. The quantitative estimate of drug-likeness (QED) is 0.411. The molecule has 0 spiro atoms. The summed E-state index contributed by atoms with van der Waals surface area (Å²) >= 11 is 0. The van der Waals surface area contributed by atoms with Gasteiger partial charge in [0, 0.05) is 25.1 Å². The SMILES string of the molecule is N#Cc1c(NCc2ccc(Oc3ccncc3)cc2)[nH]n2c(=O)c(-c3ccccc3)cnc12. The maximum atomic E-state index is 13.0. The molecule has 5 rings (SSSR count). The molecule has 0 fully saturated rings. The van der Waals surface area contributed by atoms with Gasteiger partial charge in [0.15, 0.2) is 5.65 Å². The Morgan fingerprint density at radius 1 is 1.00 bits per heavy atom. The molecule has 8 heteroatoms. The minimum absolute atomic E-state index is 0.270. The molecule has 0 saturated carbocycles. The number of ether oxygens (including phenoxy) is 1. The number of hydrogen-bond donors (Lipinski definition) is 2. The first-order valence-electron chi connectivity index (χ1n) is 10.2. The van der Waals surface area contributed by atoms with Crippen LogP contribution in [-0.2, 0) is 6.54 Å². The summed E-state index contributed by atoms with van der Waals surface area (Å²) in [7, 11) is 0. The van der Waals surface area contributed by atoms with E-state index in [4.69, 9.17) is 4.74 Å². The van der Waals surface area contributed by atoms with Crippen LogP contribution in [0.1, 0.15) is 11.1 Å². The number of pyridine rings is 1. The molecule has 33 heavy (non-hydrogen) atoms. The zero-order valence-electron chi connectivity index (χ0n) is 17.4. The van der Waals surface area contributed by atoms with Crippen molar-refractivity contribution < 1.29 is 4.74 Å². The number of anilines is 1. The van der Waals surface area contributed by atoms with Gasteiger partial charge in [0.1, 0.15) is 28.9 Å². The highest BCUT2D eigenvalue weighted by Gasteiger charge is 2.16. The van der Waals surface area contributed by atoms with Crippen molar-refractivity contribution in [2.75, 3.05) is 5.32 Å². The Kier molecular flexibility index (Phi) is 5.27. The Morgan fingerprint density at radius 3 is 2.45 bits per heavy atom. The van der Waals surface area contributed by atoms with Crippen molar-refractivity contribution in [3.8, 4) is 28.7 Å². The van der Waals surface area contributed by atoms with Crippen LogP contribution in [0.25, 0.3) is 16.8 Å². The minimum Gasteiger partial charge on any atom is -0.457 e. The number of nitriles is 1. The van der Waals surface area contributed by atoms with E-state index in [9.17, 15) is 10.1 Å². The number of nitrogens with zero attached hydrogens (tertiary/aromatic N) is 4. The van der Waals surface area contributed by atoms with Gasteiger partial charge in [-0.3, -0.25) is 14.9 Å². The standard InChI is InChI=1S/C25H18N6O2/c26-14-21-23(28-15-17-6-8-19(9-7-17)33-20-10-12-27-13-11-20)30-31-24(21)29-16-22(25(31)32)18-4-2-1-3-5-18/h1-13,16,28,30H,15H2. The molecule has 0 saturated heterocycles. The lowest BCUT2D eigenvalue weighted by molar-refractivity contribution is 0.482. The van der Waals surface area contributed by atoms with Crippen molar-refractivity contribution >= 4 is 11.5 Å². The van der Waals surface area contributed by atoms with Gasteiger partial charge in [0.05, 0.1) is 5.56 Å². The van der Waals surface area contributed by atoms with E-state index in [0.717, 1.165) is 11.1 Å².